The van der Waals surface area contributed by atoms with E-state index < -0.39 is 0 Å². The van der Waals surface area contributed by atoms with E-state index in [9.17, 15) is 14.5 Å². The third-order valence-electron chi connectivity index (χ3n) is 5.39. The van der Waals surface area contributed by atoms with Gasteiger partial charge in [-0.1, -0.05) is 29.4 Å². The van der Waals surface area contributed by atoms with Crippen LogP contribution in [0.2, 0.25) is 0 Å². The average Bonchev–Trinajstić information content (AvgIpc) is 3.20. The van der Waals surface area contributed by atoms with Gasteiger partial charge in [0.05, 0.1) is 10.8 Å². The largest absolute Gasteiger partial charge is 0.339 e. The standard InChI is InChI=1S/C21H21FN4O3/c1-14-16(6-3-9-19(14)26(27)28)12-25-10-4-7-17(13-25)21-23-20(24-29-21)15-5-2-8-18(22)11-15/h2-3,5-6,8-9,11,17H,4,7,10,12-13H2,1H3. The Kier molecular flexibility index (Phi) is 5.35. The van der Waals surface area contributed by atoms with Gasteiger partial charge in [-0.15, -0.1) is 0 Å². The minimum Gasteiger partial charge on any atom is -0.339 e. The molecule has 29 heavy (non-hydrogen) atoms. The Balaban J connectivity index is 1.48. The number of aromatic nitrogens is 2. The number of likely N-dealkylation sites (tertiary alicyclic amines) is 1. The van der Waals surface area contributed by atoms with E-state index in [0.717, 1.165) is 31.5 Å². The number of piperidine rings is 1. The highest BCUT2D eigenvalue weighted by Gasteiger charge is 2.27. The molecule has 0 N–H and O–H groups in total. The molecule has 0 bridgehead atoms. The van der Waals surface area contributed by atoms with Gasteiger partial charge in [-0.2, -0.15) is 4.98 Å². The fraction of sp³-hybridized carbons (Fsp3) is 0.333. The topological polar surface area (TPSA) is 85.3 Å². The first-order valence-electron chi connectivity index (χ1n) is 9.56. The zero-order valence-electron chi connectivity index (χ0n) is 16.0. The van der Waals surface area contributed by atoms with Crippen LogP contribution in [0.1, 0.15) is 35.8 Å². The molecule has 1 aromatic heterocycles. The van der Waals surface area contributed by atoms with Gasteiger partial charge in [-0.05, 0) is 44.0 Å². The number of nitro groups is 1. The Hall–Kier alpha value is -3.13. The molecule has 0 spiro atoms. The van der Waals surface area contributed by atoms with Crippen LogP contribution >= 0.6 is 0 Å². The van der Waals surface area contributed by atoms with Crippen molar-refractivity contribution in [3.8, 4) is 11.4 Å². The molecule has 1 aliphatic rings. The molecule has 1 fully saturated rings. The van der Waals surface area contributed by atoms with Crippen molar-refractivity contribution < 1.29 is 13.8 Å². The van der Waals surface area contributed by atoms with Crippen LogP contribution in [0.3, 0.4) is 0 Å². The summed E-state index contributed by atoms with van der Waals surface area (Å²) in [5, 5.41) is 15.2. The third kappa shape index (κ3) is 4.17. The second-order valence-electron chi connectivity index (χ2n) is 7.36. The Labute approximate surface area is 167 Å². The van der Waals surface area contributed by atoms with Gasteiger partial charge in [-0.3, -0.25) is 15.0 Å². The number of nitro benzene ring substituents is 1. The number of hydrogen-bond donors (Lipinski definition) is 0. The summed E-state index contributed by atoms with van der Waals surface area (Å²) in [4.78, 5) is 17.6. The van der Waals surface area contributed by atoms with Gasteiger partial charge < -0.3 is 4.52 Å². The number of nitrogens with zero attached hydrogens (tertiary/aromatic N) is 4. The molecule has 1 aliphatic heterocycles. The second kappa shape index (κ2) is 8.08. The molecule has 1 unspecified atom stereocenters. The van der Waals surface area contributed by atoms with Crippen molar-refractivity contribution in [2.45, 2.75) is 32.2 Å². The maximum Gasteiger partial charge on any atom is 0.272 e. The first-order chi connectivity index (χ1) is 14.0. The lowest BCUT2D eigenvalue weighted by Crippen LogP contribution is -2.34. The fourth-order valence-electron chi connectivity index (χ4n) is 3.83. The van der Waals surface area contributed by atoms with E-state index >= 15 is 0 Å². The molecule has 2 aromatic carbocycles. The maximum absolute atomic E-state index is 13.4. The van der Waals surface area contributed by atoms with Crippen LogP contribution < -0.4 is 0 Å². The van der Waals surface area contributed by atoms with Crippen molar-refractivity contribution in [3.63, 3.8) is 0 Å². The van der Waals surface area contributed by atoms with Gasteiger partial charge in [0.15, 0.2) is 0 Å². The molecule has 0 saturated carbocycles. The van der Waals surface area contributed by atoms with E-state index in [1.54, 1.807) is 25.1 Å². The summed E-state index contributed by atoms with van der Waals surface area (Å²) < 4.78 is 18.9. The van der Waals surface area contributed by atoms with E-state index in [2.05, 4.69) is 15.0 Å². The van der Waals surface area contributed by atoms with E-state index in [-0.39, 0.29) is 22.3 Å². The third-order valence-corrected chi connectivity index (χ3v) is 5.39. The lowest BCUT2D eigenvalue weighted by Gasteiger charge is -2.31. The molecule has 0 amide bonds. The Bertz CT molecular complexity index is 1040. The van der Waals surface area contributed by atoms with E-state index in [1.165, 1.54) is 18.2 Å². The molecule has 2 heterocycles. The van der Waals surface area contributed by atoms with Gasteiger partial charge in [0.2, 0.25) is 11.7 Å². The molecule has 1 saturated heterocycles. The molecule has 7 nitrogen and oxygen atoms in total. The summed E-state index contributed by atoms with van der Waals surface area (Å²) in [5.74, 6) is 0.665. The molecular formula is C21H21FN4O3. The van der Waals surface area contributed by atoms with Crippen molar-refractivity contribution >= 4 is 5.69 Å². The maximum atomic E-state index is 13.4. The Morgan fingerprint density at radius 2 is 2.14 bits per heavy atom. The van der Waals surface area contributed by atoms with Crippen LogP contribution in [0.5, 0.6) is 0 Å². The summed E-state index contributed by atoms with van der Waals surface area (Å²) in [7, 11) is 0. The minimum absolute atomic E-state index is 0.0811. The predicted octanol–water partition coefficient (Wildman–Crippen LogP) is 4.47. The Morgan fingerprint density at radius 3 is 2.93 bits per heavy atom. The highest BCUT2D eigenvalue weighted by Crippen LogP contribution is 2.30. The minimum atomic E-state index is -0.343. The highest BCUT2D eigenvalue weighted by atomic mass is 19.1. The van der Waals surface area contributed by atoms with Crippen LogP contribution in [0.4, 0.5) is 10.1 Å². The smallest absolute Gasteiger partial charge is 0.272 e. The first-order valence-corrected chi connectivity index (χ1v) is 9.56. The number of halogens is 1. The van der Waals surface area contributed by atoms with E-state index in [0.29, 0.717) is 29.4 Å². The fourth-order valence-corrected chi connectivity index (χ4v) is 3.83. The molecule has 0 aliphatic carbocycles. The zero-order valence-corrected chi connectivity index (χ0v) is 16.0. The summed E-state index contributed by atoms with van der Waals surface area (Å²) in [6.45, 7) is 4.06. The lowest BCUT2D eigenvalue weighted by atomic mass is 9.96. The lowest BCUT2D eigenvalue weighted by molar-refractivity contribution is -0.385. The van der Waals surface area contributed by atoms with Gasteiger partial charge in [0.1, 0.15) is 5.82 Å². The SMILES string of the molecule is Cc1c(CN2CCCC(c3nc(-c4cccc(F)c4)no3)C2)cccc1[N+](=O)[O-]. The molecule has 8 heteroatoms. The normalized spacial score (nSPS) is 17.4. The van der Waals surface area contributed by atoms with E-state index in [4.69, 9.17) is 4.52 Å². The van der Waals surface area contributed by atoms with Gasteiger partial charge in [-0.25, -0.2) is 4.39 Å². The van der Waals surface area contributed by atoms with Crippen molar-refractivity contribution in [2.75, 3.05) is 13.1 Å². The van der Waals surface area contributed by atoms with Gasteiger partial charge >= 0.3 is 0 Å². The summed E-state index contributed by atoms with van der Waals surface area (Å²) in [6.07, 6.45) is 1.89. The van der Waals surface area contributed by atoms with Crippen molar-refractivity contribution in [1.29, 1.82) is 0 Å². The monoisotopic (exact) mass is 396 g/mol. The van der Waals surface area contributed by atoms with Gasteiger partial charge in [0.25, 0.3) is 5.69 Å². The quantitative estimate of drug-likeness (QED) is 0.467. The summed E-state index contributed by atoms with van der Waals surface area (Å²) >= 11 is 0. The molecular weight excluding hydrogens is 375 g/mol. The van der Waals surface area contributed by atoms with Crippen molar-refractivity contribution in [1.82, 2.24) is 15.0 Å². The van der Waals surface area contributed by atoms with Crippen molar-refractivity contribution in [2.24, 2.45) is 0 Å². The second-order valence-corrected chi connectivity index (χ2v) is 7.36. The van der Waals surface area contributed by atoms with Gasteiger partial charge in [0, 0.05) is 30.3 Å². The number of rotatable bonds is 5. The summed E-state index contributed by atoms with van der Waals surface area (Å²) in [6, 6.07) is 11.3. The van der Waals surface area contributed by atoms with Crippen molar-refractivity contribution in [3.05, 3.63) is 75.4 Å². The van der Waals surface area contributed by atoms with Crippen LogP contribution in [0.15, 0.2) is 47.0 Å². The number of hydrogen-bond acceptors (Lipinski definition) is 6. The zero-order chi connectivity index (χ0) is 20.4. The molecule has 4 rings (SSSR count). The molecule has 3 aromatic rings. The van der Waals surface area contributed by atoms with Crippen LogP contribution in [-0.2, 0) is 6.54 Å². The van der Waals surface area contributed by atoms with Crippen LogP contribution in [0, 0.1) is 22.9 Å². The molecule has 0 radical (unpaired) electrons. The number of benzene rings is 2. The molecule has 150 valence electrons. The van der Waals surface area contributed by atoms with E-state index in [1.807, 2.05) is 6.07 Å². The Morgan fingerprint density at radius 1 is 1.31 bits per heavy atom. The highest BCUT2D eigenvalue weighted by molar-refractivity contribution is 5.54. The predicted molar refractivity (Wildman–Crippen MR) is 105 cm³/mol. The average molecular weight is 396 g/mol. The van der Waals surface area contributed by atoms with Crippen LogP contribution in [0.25, 0.3) is 11.4 Å². The van der Waals surface area contributed by atoms with Crippen LogP contribution in [-0.4, -0.2) is 33.1 Å². The molecule has 1 atom stereocenters. The first kappa shape index (κ1) is 19.2. The summed E-state index contributed by atoms with van der Waals surface area (Å²) in [5.41, 5.74) is 2.38.